The van der Waals surface area contributed by atoms with Crippen LogP contribution in [0.5, 0.6) is 0 Å². The van der Waals surface area contributed by atoms with Crippen LogP contribution in [0.2, 0.25) is 0 Å². The second-order valence-electron chi connectivity index (χ2n) is 13.2. The highest BCUT2D eigenvalue weighted by atomic mass is 16.2. The van der Waals surface area contributed by atoms with E-state index in [1.54, 1.807) is 13.2 Å². The molecule has 0 radical (unpaired) electrons. The van der Waals surface area contributed by atoms with Gasteiger partial charge in [0, 0.05) is 68.3 Å². The number of benzene rings is 2. The maximum absolute atomic E-state index is 13.4. The van der Waals surface area contributed by atoms with Crippen LogP contribution in [-0.2, 0) is 16.6 Å². The number of nitrogens with zero attached hydrogens (tertiary/aromatic N) is 4. The predicted octanol–water partition coefficient (Wildman–Crippen LogP) is 3.41. The van der Waals surface area contributed by atoms with E-state index in [1.807, 2.05) is 48.2 Å². The molecule has 1 aromatic heterocycles. The molecule has 3 saturated heterocycles. The van der Waals surface area contributed by atoms with Crippen molar-refractivity contribution in [2.45, 2.75) is 56.9 Å². The number of rotatable bonds is 5. The van der Waals surface area contributed by atoms with Gasteiger partial charge in [-0.3, -0.25) is 24.5 Å². The van der Waals surface area contributed by atoms with Gasteiger partial charge in [-0.05, 0) is 81.0 Å². The van der Waals surface area contributed by atoms with E-state index in [-0.39, 0.29) is 41.2 Å². The molecule has 0 saturated carbocycles. The number of piperidine rings is 3. The molecule has 3 aliphatic heterocycles. The minimum absolute atomic E-state index is 0.0564. The average molecular weight is 635 g/mol. The van der Waals surface area contributed by atoms with Gasteiger partial charge >= 0.3 is 0 Å². The van der Waals surface area contributed by atoms with Crippen molar-refractivity contribution in [1.29, 1.82) is 0 Å². The van der Waals surface area contributed by atoms with Crippen LogP contribution in [0.25, 0.3) is 0 Å². The summed E-state index contributed by atoms with van der Waals surface area (Å²) in [4.78, 5) is 53.5. The van der Waals surface area contributed by atoms with E-state index in [4.69, 9.17) is 0 Å². The van der Waals surface area contributed by atoms with Crippen LogP contribution in [0.3, 0.4) is 0 Å². The Kier molecular flexibility index (Phi) is 9.55. The van der Waals surface area contributed by atoms with E-state index in [0.717, 1.165) is 49.2 Å². The molecule has 3 aromatic rings. The molecule has 0 bridgehead atoms. The quantitative estimate of drug-likeness (QED) is 0.327. The van der Waals surface area contributed by atoms with Crippen LogP contribution >= 0.6 is 0 Å². The van der Waals surface area contributed by atoms with Crippen molar-refractivity contribution < 1.29 is 14.4 Å². The van der Waals surface area contributed by atoms with Gasteiger partial charge in [0.25, 0.3) is 11.5 Å². The van der Waals surface area contributed by atoms with E-state index in [0.29, 0.717) is 43.0 Å². The highest BCUT2D eigenvalue weighted by molar-refractivity contribution is 6.01. The molecule has 0 aliphatic carbocycles. The summed E-state index contributed by atoms with van der Waals surface area (Å²) < 4.78 is 1.35. The second-order valence-corrected chi connectivity index (χ2v) is 13.2. The molecule has 1 unspecified atom stereocenters. The Labute approximate surface area is 275 Å². The molecule has 10 nitrogen and oxygen atoms in total. The Balaban J connectivity index is 1.01. The largest absolute Gasteiger partial charge is 0.379 e. The number of hydrogen-bond donors (Lipinski definition) is 2. The maximum atomic E-state index is 13.4. The van der Waals surface area contributed by atoms with Gasteiger partial charge in [-0.1, -0.05) is 36.1 Å². The molecule has 3 fully saturated rings. The third-order valence-corrected chi connectivity index (χ3v) is 9.76. The summed E-state index contributed by atoms with van der Waals surface area (Å²) in [6.07, 6.45) is 5.20. The number of anilines is 1. The highest BCUT2D eigenvalue weighted by Crippen LogP contribution is 2.29. The van der Waals surface area contributed by atoms with Gasteiger partial charge in [-0.15, -0.1) is 0 Å². The van der Waals surface area contributed by atoms with Crippen molar-refractivity contribution in [3.8, 4) is 11.8 Å². The van der Waals surface area contributed by atoms with Crippen LogP contribution in [0.1, 0.15) is 76.6 Å². The smallest absolute Gasteiger partial charge is 0.271 e. The molecule has 2 N–H and O–H groups in total. The van der Waals surface area contributed by atoms with Crippen molar-refractivity contribution in [2.24, 2.45) is 13.0 Å². The van der Waals surface area contributed by atoms with Crippen molar-refractivity contribution in [2.75, 3.05) is 38.5 Å². The minimum atomic E-state index is -0.294. The van der Waals surface area contributed by atoms with Gasteiger partial charge in [0.1, 0.15) is 0 Å². The van der Waals surface area contributed by atoms with Crippen LogP contribution in [-0.4, -0.2) is 76.6 Å². The first-order chi connectivity index (χ1) is 22.6. The number of carbonyl (C=O) groups is 3. The minimum Gasteiger partial charge on any atom is -0.379 e. The first-order valence-corrected chi connectivity index (χ1v) is 16.5. The zero-order chi connectivity index (χ0) is 33.1. The number of hydrogen-bond acceptors (Lipinski definition) is 7. The fraction of sp³-hybridized carbons (Fsp3) is 0.432. The molecular formula is C37H42N6O4. The molecule has 3 atom stereocenters. The van der Waals surface area contributed by atoms with Gasteiger partial charge in [0.2, 0.25) is 11.8 Å². The number of nitrogens with one attached hydrogen (secondary N) is 2. The number of aromatic nitrogens is 2. The molecule has 10 heteroatoms. The van der Waals surface area contributed by atoms with E-state index in [2.05, 4.69) is 51.7 Å². The summed E-state index contributed by atoms with van der Waals surface area (Å²) >= 11 is 0. The number of amides is 3. The van der Waals surface area contributed by atoms with Crippen LogP contribution in [0, 0.1) is 24.7 Å². The standard InChI is InChI=1S/C37H42N6O4/c1-24-33(21-38-42(3)36(24)46)39-31-20-30(22-41(2)23-31)27-10-12-29(13-11-27)37(47)43-18-16-26(17-19-43)5-4-25-6-8-28(9-7-25)32-14-15-34(44)40-35(32)45/h6-13,21,26,30-32,39H,14-20,22-23H2,1-3H3,(H,40,44,45)/t30-,31+,32?/m0/s1. The van der Waals surface area contributed by atoms with Gasteiger partial charge in [0.15, 0.2) is 0 Å². The fourth-order valence-electron chi connectivity index (χ4n) is 6.99. The van der Waals surface area contributed by atoms with Gasteiger partial charge in [-0.25, -0.2) is 4.68 Å². The van der Waals surface area contributed by atoms with Crippen LogP contribution < -0.4 is 16.2 Å². The number of likely N-dealkylation sites (N-methyl/N-ethyl adjacent to an activating group) is 1. The summed E-state index contributed by atoms with van der Waals surface area (Å²) in [7, 11) is 3.77. The molecule has 6 rings (SSSR count). The van der Waals surface area contributed by atoms with E-state index >= 15 is 0 Å². The van der Waals surface area contributed by atoms with E-state index in [1.165, 1.54) is 10.2 Å². The summed E-state index contributed by atoms with van der Waals surface area (Å²) in [6.45, 7) is 4.98. The Morgan fingerprint density at radius 1 is 0.936 bits per heavy atom. The first kappa shape index (κ1) is 32.2. The molecule has 3 aliphatic rings. The van der Waals surface area contributed by atoms with Gasteiger partial charge in [-0.2, -0.15) is 5.10 Å². The molecule has 4 heterocycles. The second kappa shape index (κ2) is 13.9. The first-order valence-electron chi connectivity index (χ1n) is 16.5. The zero-order valence-electron chi connectivity index (χ0n) is 27.3. The lowest BCUT2D eigenvalue weighted by molar-refractivity contribution is -0.134. The summed E-state index contributed by atoms with van der Waals surface area (Å²) in [5.74, 6) is 6.50. The molecule has 2 aromatic carbocycles. The normalized spacial score (nSPS) is 22.3. The van der Waals surface area contributed by atoms with Crippen LogP contribution in [0.4, 0.5) is 5.69 Å². The summed E-state index contributed by atoms with van der Waals surface area (Å²) in [6, 6.07) is 16.0. The number of likely N-dealkylation sites (tertiary alicyclic amines) is 2. The number of imide groups is 1. The molecular weight excluding hydrogens is 592 g/mol. The average Bonchev–Trinajstić information content (AvgIpc) is 3.08. The zero-order valence-corrected chi connectivity index (χ0v) is 27.3. The Morgan fingerprint density at radius 2 is 1.64 bits per heavy atom. The van der Waals surface area contributed by atoms with Crippen molar-refractivity contribution in [1.82, 2.24) is 24.9 Å². The maximum Gasteiger partial charge on any atom is 0.271 e. The van der Waals surface area contributed by atoms with Gasteiger partial charge < -0.3 is 15.1 Å². The SMILES string of the molecule is Cc1c(N[C@@H]2C[C@H](c3ccc(C(=O)N4CCC(C#Cc5ccc(C6CCC(=O)NC6=O)cc5)CC4)cc3)CN(C)C2)cnn(C)c1=O. The number of aryl methyl sites for hydroxylation is 1. The lowest BCUT2D eigenvalue weighted by Gasteiger charge is -2.37. The third kappa shape index (κ3) is 7.47. The third-order valence-electron chi connectivity index (χ3n) is 9.76. The van der Waals surface area contributed by atoms with Gasteiger partial charge in [0.05, 0.1) is 17.8 Å². The topological polar surface area (TPSA) is 117 Å². The summed E-state index contributed by atoms with van der Waals surface area (Å²) in [5, 5.41) is 10.1. The molecule has 47 heavy (non-hydrogen) atoms. The molecule has 3 amide bonds. The van der Waals surface area contributed by atoms with E-state index < -0.39 is 0 Å². The van der Waals surface area contributed by atoms with Crippen molar-refractivity contribution >= 4 is 23.4 Å². The van der Waals surface area contributed by atoms with E-state index in [9.17, 15) is 19.2 Å². The lowest BCUT2D eigenvalue weighted by Crippen LogP contribution is -2.44. The Morgan fingerprint density at radius 3 is 2.34 bits per heavy atom. The monoisotopic (exact) mass is 634 g/mol. The fourth-order valence-corrected chi connectivity index (χ4v) is 6.99. The van der Waals surface area contributed by atoms with Crippen molar-refractivity contribution in [3.05, 3.63) is 92.9 Å². The van der Waals surface area contributed by atoms with Crippen molar-refractivity contribution in [3.63, 3.8) is 0 Å². The van der Waals surface area contributed by atoms with Crippen LogP contribution in [0.15, 0.2) is 59.5 Å². The molecule has 0 spiro atoms. The summed E-state index contributed by atoms with van der Waals surface area (Å²) in [5.41, 5.74) is 5.06. The highest BCUT2D eigenvalue weighted by Gasteiger charge is 2.29. The Hall–Kier alpha value is -4.75. The molecule has 244 valence electrons. The Bertz CT molecular complexity index is 1760. The number of carbonyl (C=O) groups excluding carboxylic acids is 3. The lowest BCUT2D eigenvalue weighted by atomic mass is 9.87. The predicted molar refractivity (Wildman–Crippen MR) is 180 cm³/mol.